The molecule has 0 unspecified atom stereocenters. The number of carboxylic acids is 1. The Bertz CT molecular complexity index is 763. The lowest BCUT2D eigenvalue weighted by atomic mass is 10.2. The Morgan fingerprint density at radius 3 is 2.68 bits per heavy atom. The summed E-state index contributed by atoms with van der Waals surface area (Å²) in [4.78, 5) is 24.5. The third-order valence-electron chi connectivity index (χ3n) is 3.30. The Labute approximate surface area is 141 Å². The van der Waals surface area contributed by atoms with Gasteiger partial charge in [-0.25, -0.2) is 8.78 Å². The second kappa shape index (κ2) is 8.34. The van der Waals surface area contributed by atoms with Crippen LogP contribution in [0.2, 0.25) is 0 Å². The molecule has 2 rings (SSSR count). The lowest BCUT2D eigenvalue weighted by Gasteiger charge is -2.21. The molecule has 2 aromatic rings. The summed E-state index contributed by atoms with van der Waals surface area (Å²) in [6.45, 7) is -0.103. The van der Waals surface area contributed by atoms with Gasteiger partial charge in [0.15, 0.2) is 23.1 Å². The van der Waals surface area contributed by atoms with Gasteiger partial charge in [-0.3, -0.25) is 9.59 Å². The number of ether oxygens (including phenoxy) is 1. The van der Waals surface area contributed by atoms with Gasteiger partial charge in [-0.2, -0.15) is 0 Å². The second-order valence-electron chi connectivity index (χ2n) is 5.23. The highest BCUT2D eigenvalue weighted by Gasteiger charge is 2.21. The van der Waals surface area contributed by atoms with Gasteiger partial charge in [0, 0.05) is 26.3 Å². The number of amides is 1. The predicted octanol–water partition coefficient (Wildman–Crippen LogP) is 2.22. The van der Waals surface area contributed by atoms with Crippen molar-refractivity contribution in [2.45, 2.75) is 19.6 Å². The van der Waals surface area contributed by atoms with Crippen LogP contribution in [0.5, 0.6) is 0 Å². The molecule has 7 nitrogen and oxygen atoms in total. The van der Waals surface area contributed by atoms with E-state index in [1.807, 2.05) is 0 Å². The van der Waals surface area contributed by atoms with E-state index in [-0.39, 0.29) is 31.8 Å². The Morgan fingerprint density at radius 2 is 2.04 bits per heavy atom. The highest BCUT2D eigenvalue weighted by atomic mass is 19.2. The minimum absolute atomic E-state index is 0.0278. The van der Waals surface area contributed by atoms with E-state index in [2.05, 4.69) is 5.16 Å². The van der Waals surface area contributed by atoms with Crippen LogP contribution in [0.4, 0.5) is 8.78 Å². The van der Waals surface area contributed by atoms with E-state index in [1.54, 1.807) is 0 Å². The lowest BCUT2D eigenvalue weighted by Crippen LogP contribution is -2.33. The summed E-state index contributed by atoms with van der Waals surface area (Å²) in [5.74, 6) is -3.41. The fraction of sp³-hybridized carbons (Fsp3) is 0.312. The zero-order valence-corrected chi connectivity index (χ0v) is 13.4. The fourth-order valence-electron chi connectivity index (χ4n) is 2.13. The van der Waals surface area contributed by atoms with Crippen LogP contribution in [0.15, 0.2) is 28.8 Å². The summed E-state index contributed by atoms with van der Waals surface area (Å²) in [6.07, 6.45) is -0.307. The molecule has 0 aliphatic rings. The number of carboxylic acid groups (broad SMARTS) is 1. The molecule has 0 aliphatic carbocycles. The molecule has 1 N–H and O–H groups in total. The van der Waals surface area contributed by atoms with Crippen molar-refractivity contribution in [3.63, 3.8) is 0 Å². The molecule has 0 fully saturated rings. The van der Waals surface area contributed by atoms with E-state index in [1.165, 1.54) is 24.1 Å². The van der Waals surface area contributed by atoms with Crippen molar-refractivity contribution in [2.75, 3.05) is 13.7 Å². The SMILES string of the molecule is COCc1cc(C(=O)N(CCC(=O)O)Cc2ccc(F)c(F)c2)no1. The zero-order chi connectivity index (χ0) is 18.4. The van der Waals surface area contributed by atoms with Crippen LogP contribution in [0, 0.1) is 11.6 Å². The largest absolute Gasteiger partial charge is 0.481 e. The fourth-order valence-corrected chi connectivity index (χ4v) is 2.13. The molecule has 1 aromatic heterocycles. The minimum Gasteiger partial charge on any atom is -0.481 e. The smallest absolute Gasteiger partial charge is 0.305 e. The van der Waals surface area contributed by atoms with Gasteiger partial charge in [-0.05, 0) is 17.7 Å². The van der Waals surface area contributed by atoms with E-state index < -0.39 is 23.5 Å². The van der Waals surface area contributed by atoms with E-state index in [0.717, 1.165) is 12.1 Å². The summed E-state index contributed by atoms with van der Waals surface area (Å²) < 4.78 is 36.2. The van der Waals surface area contributed by atoms with Gasteiger partial charge in [0.05, 0.1) is 6.42 Å². The van der Waals surface area contributed by atoms with Crippen LogP contribution in [0.25, 0.3) is 0 Å². The Hall–Kier alpha value is -2.81. The number of carbonyl (C=O) groups excluding carboxylic acids is 1. The van der Waals surface area contributed by atoms with E-state index in [4.69, 9.17) is 14.4 Å². The number of halogens is 2. The van der Waals surface area contributed by atoms with Gasteiger partial charge >= 0.3 is 5.97 Å². The second-order valence-corrected chi connectivity index (χ2v) is 5.23. The first-order chi connectivity index (χ1) is 11.9. The Kier molecular flexibility index (Phi) is 6.18. The van der Waals surface area contributed by atoms with Gasteiger partial charge in [-0.15, -0.1) is 0 Å². The predicted molar refractivity (Wildman–Crippen MR) is 80.6 cm³/mol. The van der Waals surface area contributed by atoms with Gasteiger partial charge in [0.25, 0.3) is 5.91 Å². The molecular weight excluding hydrogens is 338 g/mol. The van der Waals surface area contributed by atoms with Gasteiger partial charge in [0.2, 0.25) is 0 Å². The van der Waals surface area contributed by atoms with Crippen LogP contribution >= 0.6 is 0 Å². The van der Waals surface area contributed by atoms with Crippen LogP contribution in [0.3, 0.4) is 0 Å². The molecule has 0 atom stereocenters. The highest BCUT2D eigenvalue weighted by Crippen LogP contribution is 2.14. The average molecular weight is 354 g/mol. The molecule has 0 bridgehead atoms. The maximum atomic E-state index is 13.3. The third-order valence-corrected chi connectivity index (χ3v) is 3.30. The van der Waals surface area contributed by atoms with Crippen molar-refractivity contribution in [1.29, 1.82) is 0 Å². The first-order valence-electron chi connectivity index (χ1n) is 7.30. The number of carbonyl (C=O) groups is 2. The van der Waals surface area contributed by atoms with Gasteiger partial charge < -0.3 is 19.3 Å². The number of nitrogens with zero attached hydrogens (tertiary/aromatic N) is 2. The Balaban J connectivity index is 2.19. The number of hydrogen-bond donors (Lipinski definition) is 1. The molecule has 1 heterocycles. The van der Waals surface area contributed by atoms with Crippen molar-refractivity contribution >= 4 is 11.9 Å². The molecule has 0 spiro atoms. The molecule has 25 heavy (non-hydrogen) atoms. The number of hydrogen-bond acceptors (Lipinski definition) is 5. The van der Waals surface area contributed by atoms with Gasteiger partial charge in [-0.1, -0.05) is 11.2 Å². The summed E-state index contributed by atoms with van der Waals surface area (Å²) >= 11 is 0. The normalized spacial score (nSPS) is 10.7. The van der Waals surface area contributed by atoms with Gasteiger partial charge in [0.1, 0.15) is 6.61 Å². The molecule has 9 heteroatoms. The topological polar surface area (TPSA) is 92.9 Å². The van der Waals surface area contributed by atoms with Crippen LogP contribution in [-0.2, 0) is 22.7 Å². The molecule has 1 amide bonds. The number of methoxy groups -OCH3 is 1. The van der Waals surface area contributed by atoms with Crippen LogP contribution in [-0.4, -0.2) is 40.7 Å². The summed E-state index contributed by atoms with van der Waals surface area (Å²) in [7, 11) is 1.45. The first kappa shape index (κ1) is 18.5. The molecular formula is C16H16F2N2O5. The van der Waals surface area contributed by atoms with Crippen molar-refractivity contribution in [1.82, 2.24) is 10.1 Å². The molecule has 1 aromatic carbocycles. The maximum absolute atomic E-state index is 13.3. The number of aliphatic carboxylic acids is 1. The lowest BCUT2D eigenvalue weighted by molar-refractivity contribution is -0.137. The first-order valence-corrected chi connectivity index (χ1v) is 7.30. The molecule has 0 saturated carbocycles. The highest BCUT2D eigenvalue weighted by molar-refractivity contribution is 5.92. The van der Waals surface area contributed by atoms with Crippen molar-refractivity contribution < 1.29 is 32.7 Å². The monoisotopic (exact) mass is 354 g/mol. The maximum Gasteiger partial charge on any atom is 0.305 e. The molecule has 134 valence electrons. The standard InChI is InChI=1S/C16H16F2N2O5/c1-24-9-11-7-14(19-25-11)16(23)20(5-4-15(21)22)8-10-2-3-12(17)13(18)6-10/h2-3,6-7H,4-5,8-9H2,1H3,(H,21,22). The molecule has 0 radical (unpaired) electrons. The molecule has 0 saturated heterocycles. The molecule has 0 aliphatic heterocycles. The van der Waals surface area contributed by atoms with E-state index in [9.17, 15) is 18.4 Å². The summed E-state index contributed by atoms with van der Waals surface area (Å²) in [6, 6.07) is 4.59. The number of benzene rings is 1. The van der Waals surface area contributed by atoms with Crippen LogP contribution < -0.4 is 0 Å². The van der Waals surface area contributed by atoms with Crippen molar-refractivity contribution in [3.8, 4) is 0 Å². The van der Waals surface area contributed by atoms with E-state index >= 15 is 0 Å². The quantitative estimate of drug-likeness (QED) is 0.781. The van der Waals surface area contributed by atoms with Crippen LogP contribution in [0.1, 0.15) is 28.2 Å². The summed E-state index contributed by atoms with van der Waals surface area (Å²) in [5, 5.41) is 12.5. The third kappa shape index (κ3) is 5.08. The van der Waals surface area contributed by atoms with Crippen molar-refractivity contribution in [3.05, 3.63) is 52.9 Å². The summed E-state index contributed by atoms with van der Waals surface area (Å²) in [5.41, 5.74) is 0.290. The minimum atomic E-state index is -1.09. The average Bonchev–Trinajstić information content (AvgIpc) is 3.03. The van der Waals surface area contributed by atoms with Crippen molar-refractivity contribution in [2.24, 2.45) is 0 Å². The zero-order valence-electron chi connectivity index (χ0n) is 13.4. The van der Waals surface area contributed by atoms with E-state index in [0.29, 0.717) is 11.3 Å². The number of aromatic nitrogens is 1. The Morgan fingerprint density at radius 1 is 1.28 bits per heavy atom. The number of rotatable bonds is 8.